The molecular formula is C13H16F2N2O2. The molecule has 1 unspecified atom stereocenters. The van der Waals surface area contributed by atoms with E-state index in [1.54, 1.807) is 0 Å². The van der Waals surface area contributed by atoms with Crippen molar-refractivity contribution in [2.24, 2.45) is 0 Å². The van der Waals surface area contributed by atoms with Crippen LogP contribution >= 0.6 is 0 Å². The lowest BCUT2D eigenvalue weighted by atomic mass is 10.1. The molecule has 6 heteroatoms. The van der Waals surface area contributed by atoms with Crippen LogP contribution in [0.4, 0.5) is 8.78 Å². The van der Waals surface area contributed by atoms with Gasteiger partial charge in [0, 0.05) is 24.8 Å². The molecular weight excluding hydrogens is 254 g/mol. The van der Waals surface area contributed by atoms with Crippen molar-refractivity contribution in [1.29, 1.82) is 0 Å². The first kappa shape index (κ1) is 13.9. The summed E-state index contributed by atoms with van der Waals surface area (Å²) >= 11 is 0. The van der Waals surface area contributed by atoms with E-state index >= 15 is 0 Å². The first-order valence-corrected chi connectivity index (χ1v) is 6.19. The molecule has 104 valence electrons. The number of amides is 1. The highest BCUT2D eigenvalue weighted by atomic mass is 19.1. The lowest BCUT2D eigenvalue weighted by Crippen LogP contribution is -2.33. The zero-order valence-electron chi connectivity index (χ0n) is 10.7. The average Bonchev–Trinajstić information content (AvgIpc) is 2.72. The van der Waals surface area contributed by atoms with E-state index in [4.69, 9.17) is 4.74 Å². The van der Waals surface area contributed by atoms with E-state index in [1.807, 2.05) is 6.92 Å². The van der Waals surface area contributed by atoms with Gasteiger partial charge < -0.3 is 9.64 Å². The van der Waals surface area contributed by atoms with Crippen molar-refractivity contribution in [3.05, 3.63) is 35.4 Å². The summed E-state index contributed by atoms with van der Waals surface area (Å²) in [5.41, 5.74) is 0.267. The van der Waals surface area contributed by atoms with E-state index in [9.17, 15) is 13.6 Å². The molecule has 1 N–H and O–H groups in total. The van der Waals surface area contributed by atoms with Crippen LogP contribution in [0.25, 0.3) is 0 Å². The summed E-state index contributed by atoms with van der Waals surface area (Å²) in [5, 5.41) is 2.92. The number of carbonyl (C=O) groups is 1. The molecule has 0 aliphatic carbocycles. The first-order valence-electron chi connectivity index (χ1n) is 6.19. The van der Waals surface area contributed by atoms with Gasteiger partial charge in [0.15, 0.2) is 0 Å². The molecule has 1 aliphatic heterocycles. The fourth-order valence-electron chi connectivity index (χ4n) is 2.10. The van der Waals surface area contributed by atoms with Crippen molar-refractivity contribution in [2.45, 2.75) is 13.1 Å². The first-order chi connectivity index (χ1) is 9.13. The van der Waals surface area contributed by atoms with Gasteiger partial charge in [-0.15, -0.1) is 0 Å². The van der Waals surface area contributed by atoms with E-state index in [0.717, 1.165) is 6.07 Å². The Morgan fingerprint density at radius 3 is 2.95 bits per heavy atom. The third-order valence-electron chi connectivity index (χ3n) is 3.02. The quantitative estimate of drug-likeness (QED) is 0.823. The number of rotatable bonds is 5. The van der Waals surface area contributed by atoms with Gasteiger partial charge in [-0.05, 0) is 19.1 Å². The van der Waals surface area contributed by atoms with E-state index in [0.29, 0.717) is 19.8 Å². The fourth-order valence-corrected chi connectivity index (χ4v) is 2.10. The Kier molecular flexibility index (Phi) is 4.44. The molecule has 1 amide bonds. The van der Waals surface area contributed by atoms with Gasteiger partial charge in [-0.1, -0.05) is 0 Å². The van der Waals surface area contributed by atoms with Crippen molar-refractivity contribution in [3.8, 4) is 0 Å². The molecule has 0 spiro atoms. The maximum Gasteiger partial charge on any atom is 0.238 e. The summed E-state index contributed by atoms with van der Waals surface area (Å²) in [6, 6.07) is 3.36. The Bertz CT molecular complexity index is 468. The Hall–Kier alpha value is -1.53. The number of carbonyl (C=O) groups excluding carboxylic acids is 1. The second-order valence-electron chi connectivity index (χ2n) is 4.23. The van der Waals surface area contributed by atoms with Gasteiger partial charge in [-0.3, -0.25) is 10.1 Å². The highest BCUT2D eigenvalue weighted by molar-refractivity contribution is 5.80. The smallest absolute Gasteiger partial charge is 0.238 e. The predicted octanol–water partition coefficient (Wildman–Crippen LogP) is 1.43. The Balaban J connectivity index is 2.15. The monoisotopic (exact) mass is 270 g/mol. The van der Waals surface area contributed by atoms with Crippen LogP contribution in [0.1, 0.15) is 18.7 Å². The predicted molar refractivity (Wildman–Crippen MR) is 65.3 cm³/mol. The molecule has 0 aromatic heterocycles. The highest BCUT2D eigenvalue weighted by Crippen LogP contribution is 2.25. The van der Waals surface area contributed by atoms with Crippen molar-refractivity contribution >= 4 is 5.91 Å². The van der Waals surface area contributed by atoms with Gasteiger partial charge in [0.1, 0.15) is 17.8 Å². The van der Waals surface area contributed by atoms with Crippen molar-refractivity contribution in [1.82, 2.24) is 10.2 Å². The van der Waals surface area contributed by atoms with Crippen LogP contribution in [0.2, 0.25) is 0 Å². The Morgan fingerprint density at radius 1 is 1.47 bits per heavy atom. The molecule has 1 aromatic carbocycles. The largest absolute Gasteiger partial charge is 0.380 e. The maximum absolute atomic E-state index is 13.7. The summed E-state index contributed by atoms with van der Waals surface area (Å²) in [4.78, 5) is 13.2. The lowest BCUT2D eigenvalue weighted by molar-refractivity contribution is -0.128. The molecule has 4 nitrogen and oxygen atoms in total. The van der Waals surface area contributed by atoms with Gasteiger partial charge in [-0.2, -0.15) is 0 Å². The standard InChI is InChI=1S/C13H16F2N2O2/c1-2-19-6-5-17-12(18)8-16-13(17)10-4-3-9(14)7-11(10)15/h3-4,7,13,16H,2,5-6,8H2,1H3. The molecule has 1 aliphatic rings. The van der Waals surface area contributed by atoms with Crippen LogP contribution in [0.5, 0.6) is 0 Å². The fraction of sp³-hybridized carbons (Fsp3) is 0.462. The number of hydrogen-bond donors (Lipinski definition) is 1. The van der Waals surface area contributed by atoms with Gasteiger partial charge in [0.05, 0.1) is 13.2 Å². The molecule has 0 saturated carbocycles. The van der Waals surface area contributed by atoms with Crippen LogP contribution in [-0.4, -0.2) is 37.1 Å². The Morgan fingerprint density at radius 2 is 2.26 bits per heavy atom. The van der Waals surface area contributed by atoms with Gasteiger partial charge in [-0.25, -0.2) is 8.78 Å². The molecule has 1 saturated heterocycles. The van der Waals surface area contributed by atoms with E-state index < -0.39 is 17.8 Å². The molecule has 0 bridgehead atoms. The average molecular weight is 270 g/mol. The minimum absolute atomic E-state index is 0.117. The molecule has 1 fully saturated rings. The second kappa shape index (κ2) is 6.08. The molecule has 1 heterocycles. The number of nitrogens with one attached hydrogen (secondary N) is 1. The van der Waals surface area contributed by atoms with Crippen molar-refractivity contribution < 1.29 is 18.3 Å². The minimum Gasteiger partial charge on any atom is -0.380 e. The zero-order chi connectivity index (χ0) is 13.8. The number of benzene rings is 1. The van der Waals surface area contributed by atoms with Crippen LogP contribution in [0, 0.1) is 11.6 Å². The third kappa shape index (κ3) is 3.08. The van der Waals surface area contributed by atoms with E-state index in [-0.39, 0.29) is 18.0 Å². The SMILES string of the molecule is CCOCCN1C(=O)CNC1c1ccc(F)cc1F. The maximum atomic E-state index is 13.7. The topological polar surface area (TPSA) is 41.6 Å². The molecule has 1 atom stereocenters. The van der Waals surface area contributed by atoms with Crippen LogP contribution < -0.4 is 5.32 Å². The van der Waals surface area contributed by atoms with Crippen LogP contribution in [0.15, 0.2) is 18.2 Å². The number of nitrogens with zero attached hydrogens (tertiary/aromatic N) is 1. The summed E-state index contributed by atoms with van der Waals surface area (Å²) in [6.07, 6.45) is -0.562. The van der Waals surface area contributed by atoms with Crippen LogP contribution in [0.3, 0.4) is 0 Å². The third-order valence-corrected chi connectivity index (χ3v) is 3.02. The number of halogens is 2. The number of ether oxygens (including phenoxy) is 1. The van der Waals surface area contributed by atoms with E-state index in [2.05, 4.69) is 5.32 Å². The number of hydrogen-bond acceptors (Lipinski definition) is 3. The minimum atomic E-state index is -0.659. The zero-order valence-corrected chi connectivity index (χ0v) is 10.7. The summed E-state index contributed by atoms with van der Waals surface area (Å²) in [7, 11) is 0. The van der Waals surface area contributed by atoms with Gasteiger partial charge in [0.2, 0.25) is 5.91 Å². The lowest BCUT2D eigenvalue weighted by Gasteiger charge is -2.24. The van der Waals surface area contributed by atoms with Crippen molar-refractivity contribution in [2.75, 3.05) is 26.3 Å². The normalized spacial score (nSPS) is 19.2. The van der Waals surface area contributed by atoms with Gasteiger partial charge in [0.25, 0.3) is 0 Å². The molecule has 1 aromatic rings. The Labute approximate surface area is 110 Å². The van der Waals surface area contributed by atoms with Crippen molar-refractivity contribution in [3.63, 3.8) is 0 Å². The summed E-state index contributed by atoms with van der Waals surface area (Å²) < 4.78 is 31.8. The molecule has 2 rings (SSSR count). The van der Waals surface area contributed by atoms with E-state index in [1.165, 1.54) is 17.0 Å². The van der Waals surface area contributed by atoms with Gasteiger partial charge >= 0.3 is 0 Å². The summed E-state index contributed by atoms with van der Waals surface area (Å²) in [5.74, 6) is -1.41. The second-order valence-corrected chi connectivity index (χ2v) is 4.23. The molecule has 19 heavy (non-hydrogen) atoms. The van der Waals surface area contributed by atoms with Crippen LogP contribution in [-0.2, 0) is 9.53 Å². The molecule has 0 radical (unpaired) electrons. The summed E-state index contributed by atoms with van der Waals surface area (Å²) in [6.45, 7) is 3.34. The highest BCUT2D eigenvalue weighted by Gasteiger charge is 2.32.